The number of nitrogens with one attached hydrogen (secondary N) is 1. The molecule has 5 rings (SSSR count). The monoisotopic (exact) mass is 475 g/mol. The summed E-state index contributed by atoms with van der Waals surface area (Å²) in [5.74, 6) is 1.50. The van der Waals surface area contributed by atoms with E-state index in [-0.39, 0.29) is 12.0 Å². The largest absolute Gasteiger partial charge is 0.490 e. The van der Waals surface area contributed by atoms with Crippen molar-refractivity contribution in [1.29, 1.82) is 0 Å². The summed E-state index contributed by atoms with van der Waals surface area (Å²) in [6.45, 7) is 2.50. The number of rotatable bonds is 7. The number of carbonyl (C=O) groups excluding carboxylic acids is 1. The van der Waals surface area contributed by atoms with Gasteiger partial charge in [0.15, 0.2) is 0 Å². The second-order valence-electron chi connectivity index (χ2n) is 8.75. The van der Waals surface area contributed by atoms with Crippen LogP contribution in [0.2, 0.25) is 0 Å². The Hall–Kier alpha value is -3.29. The van der Waals surface area contributed by atoms with E-state index in [4.69, 9.17) is 9.47 Å². The van der Waals surface area contributed by atoms with E-state index in [2.05, 4.69) is 17.3 Å². The maximum Gasteiger partial charge on any atom is 0.272 e. The molecule has 1 aliphatic heterocycles. The molecule has 1 fully saturated rings. The lowest BCUT2D eigenvalue weighted by Gasteiger charge is -2.29. The smallest absolute Gasteiger partial charge is 0.272 e. The Labute approximate surface area is 203 Å². The van der Waals surface area contributed by atoms with Crippen molar-refractivity contribution in [3.05, 3.63) is 77.3 Å². The van der Waals surface area contributed by atoms with Gasteiger partial charge in [-0.2, -0.15) is 0 Å². The van der Waals surface area contributed by atoms with E-state index in [0.29, 0.717) is 12.3 Å². The number of thiophene rings is 1. The van der Waals surface area contributed by atoms with E-state index in [1.165, 1.54) is 0 Å². The number of amides is 1. The topological polar surface area (TPSA) is 55.7 Å². The Morgan fingerprint density at radius 2 is 1.76 bits per heavy atom. The van der Waals surface area contributed by atoms with Gasteiger partial charge in [0.25, 0.3) is 5.91 Å². The number of aromatic nitrogens is 1. The number of benzene rings is 2. The van der Waals surface area contributed by atoms with Crippen LogP contribution < -0.4 is 14.8 Å². The van der Waals surface area contributed by atoms with E-state index in [1.807, 2.05) is 77.7 Å². The minimum atomic E-state index is -0.131. The quantitative estimate of drug-likeness (QED) is 0.381. The molecule has 1 aliphatic rings. The molecule has 1 N–H and O–H groups in total. The second-order valence-corrected chi connectivity index (χ2v) is 9.70. The Morgan fingerprint density at radius 3 is 2.53 bits per heavy atom. The summed E-state index contributed by atoms with van der Waals surface area (Å²) >= 11 is 1.63. The number of aryl methyl sites for hydroxylation is 1. The fraction of sp³-hybridized carbons (Fsp3) is 0.296. The Bertz CT molecular complexity index is 1270. The Morgan fingerprint density at radius 1 is 1.03 bits per heavy atom. The molecule has 0 atom stereocenters. The van der Waals surface area contributed by atoms with Gasteiger partial charge in [-0.15, -0.1) is 11.3 Å². The van der Waals surface area contributed by atoms with Crippen molar-refractivity contribution < 1.29 is 14.3 Å². The molecule has 2 aromatic heterocycles. The van der Waals surface area contributed by atoms with E-state index < -0.39 is 0 Å². The van der Waals surface area contributed by atoms with Crippen LogP contribution in [0.5, 0.6) is 11.5 Å². The molecule has 1 saturated heterocycles. The van der Waals surface area contributed by atoms with Crippen molar-refractivity contribution in [2.45, 2.75) is 25.6 Å². The average Bonchev–Trinajstić information content (AvgIpc) is 3.44. The first-order valence-electron chi connectivity index (χ1n) is 11.6. The molecule has 0 radical (unpaired) electrons. The first-order valence-corrected chi connectivity index (χ1v) is 12.4. The molecule has 7 heteroatoms. The van der Waals surface area contributed by atoms with E-state index in [1.54, 1.807) is 11.3 Å². The maximum absolute atomic E-state index is 13.0. The van der Waals surface area contributed by atoms with Gasteiger partial charge in [0.2, 0.25) is 0 Å². The van der Waals surface area contributed by atoms with Gasteiger partial charge < -0.3 is 24.3 Å². The number of hydrogen-bond donors (Lipinski definition) is 1. The number of fused-ring (bicyclic) bond motifs is 1. The Balaban J connectivity index is 1.20. The van der Waals surface area contributed by atoms with E-state index in [0.717, 1.165) is 58.9 Å². The fourth-order valence-corrected chi connectivity index (χ4v) is 5.14. The van der Waals surface area contributed by atoms with Gasteiger partial charge in [-0.3, -0.25) is 4.79 Å². The molecule has 1 amide bonds. The third-order valence-corrected chi connectivity index (χ3v) is 7.20. The molecule has 4 aromatic rings. The van der Waals surface area contributed by atoms with E-state index in [9.17, 15) is 4.79 Å². The summed E-state index contributed by atoms with van der Waals surface area (Å²) in [5.41, 5.74) is 3.37. The van der Waals surface area contributed by atoms with Gasteiger partial charge >= 0.3 is 0 Å². The number of likely N-dealkylation sites (tertiary alicyclic amines) is 1. The predicted octanol–water partition coefficient (Wildman–Crippen LogP) is 5.54. The molecule has 0 spiro atoms. The highest BCUT2D eigenvalue weighted by Crippen LogP contribution is 2.26. The van der Waals surface area contributed by atoms with Gasteiger partial charge in [0.1, 0.15) is 29.9 Å². The number of para-hydroxylation sites is 1. The van der Waals surface area contributed by atoms with Gasteiger partial charge in [0.05, 0.1) is 10.2 Å². The highest BCUT2D eigenvalue weighted by Gasteiger charge is 2.18. The maximum atomic E-state index is 13.0. The molecule has 0 aliphatic carbocycles. The number of anilines is 1. The van der Waals surface area contributed by atoms with Gasteiger partial charge in [-0.25, -0.2) is 0 Å². The van der Waals surface area contributed by atoms with Crippen molar-refractivity contribution in [2.75, 3.05) is 25.5 Å². The molecule has 0 unspecified atom stereocenters. The van der Waals surface area contributed by atoms with Crippen LogP contribution in [-0.2, 0) is 13.7 Å². The van der Waals surface area contributed by atoms with Crippen LogP contribution >= 0.6 is 11.3 Å². The van der Waals surface area contributed by atoms with Crippen LogP contribution in [0.3, 0.4) is 0 Å². The van der Waals surface area contributed by atoms with Crippen molar-refractivity contribution in [3.63, 3.8) is 0 Å². The fourth-order valence-electron chi connectivity index (χ4n) is 4.29. The molecule has 2 aromatic carbocycles. The van der Waals surface area contributed by atoms with Crippen LogP contribution in [0.4, 0.5) is 5.69 Å². The molecule has 3 heterocycles. The number of ether oxygens (including phenoxy) is 2. The minimum Gasteiger partial charge on any atom is -0.490 e. The van der Waals surface area contributed by atoms with Gasteiger partial charge in [-0.1, -0.05) is 18.2 Å². The molecule has 6 nitrogen and oxygen atoms in total. The summed E-state index contributed by atoms with van der Waals surface area (Å²) in [5, 5.41) is 5.09. The Kier molecular flexibility index (Phi) is 6.56. The standard InChI is InChI=1S/C27H29N3O3S/c1-29-14-11-22(12-15-29)33-21-9-7-20(8-10-21)32-18-19-5-3-4-6-23(19)28-27(31)25-17-26-24(30(25)2)13-16-34-26/h3-10,13,16-17,22H,11-12,14-15,18H2,1-2H3,(H,28,31). The zero-order valence-electron chi connectivity index (χ0n) is 19.5. The highest BCUT2D eigenvalue weighted by molar-refractivity contribution is 7.17. The third-order valence-electron chi connectivity index (χ3n) is 6.35. The van der Waals surface area contributed by atoms with Crippen LogP contribution in [0.1, 0.15) is 28.9 Å². The zero-order valence-corrected chi connectivity index (χ0v) is 20.3. The number of hydrogen-bond acceptors (Lipinski definition) is 5. The predicted molar refractivity (Wildman–Crippen MR) is 137 cm³/mol. The van der Waals surface area contributed by atoms with Crippen molar-refractivity contribution in [3.8, 4) is 11.5 Å². The minimum absolute atomic E-state index is 0.131. The second kappa shape index (κ2) is 9.91. The first kappa shape index (κ1) is 22.5. The highest BCUT2D eigenvalue weighted by atomic mass is 32.1. The summed E-state index contributed by atoms with van der Waals surface area (Å²) in [6, 6.07) is 19.5. The van der Waals surface area contributed by atoms with Crippen molar-refractivity contribution in [2.24, 2.45) is 7.05 Å². The van der Waals surface area contributed by atoms with Gasteiger partial charge in [-0.05, 0) is 67.7 Å². The lowest BCUT2D eigenvalue weighted by atomic mass is 10.1. The number of nitrogens with zero attached hydrogens (tertiary/aromatic N) is 2. The first-order chi connectivity index (χ1) is 16.6. The van der Waals surface area contributed by atoms with Crippen molar-refractivity contribution >= 4 is 33.1 Å². The number of piperidine rings is 1. The molecule has 34 heavy (non-hydrogen) atoms. The number of carbonyl (C=O) groups is 1. The molecular weight excluding hydrogens is 446 g/mol. The lowest BCUT2D eigenvalue weighted by Crippen LogP contribution is -2.35. The van der Waals surface area contributed by atoms with Crippen LogP contribution in [0, 0.1) is 0 Å². The molecular formula is C27H29N3O3S. The summed E-state index contributed by atoms with van der Waals surface area (Å²) < 4.78 is 15.2. The lowest BCUT2D eigenvalue weighted by molar-refractivity contribution is 0.101. The zero-order chi connectivity index (χ0) is 23.5. The third kappa shape index (κ3) is 4.95. The van der Waals surface area contributed by atoms with Crippen LogP contribution in [0.25, 0.3) is 10.2 Å². The normalized spacial score (nSPS) is 14.9. The van der Waals surface area contributed by atoms with Crippen LogP contribution in [-0.4, -0.2) is 41.6 Å². The molecule has 0 bridgehead atoms. The summed E-state index contributed by atoms with van der Waals surface area (Å²) in [7, 11) is 4.06. The molecule has 176 valence electrons. The summed E-state index contributed by atoms with van der Waals surface area (Å²) in [6.07, 6.45) is 2.38. The van der Waals surface area contributed by atoms with E-state index >= 15 is 0 Å². The van der Waals surface area contributed by atoms with Crippen molar-refractivity contribution in [1.82, 2.24) is 9.47 Å². The summed E-state index contributed by atoms with van der Waals surface area (Å²) in [4.78, 5) is 15.3. The van der Waals surface area contributed by atoms with Crippen LogP contribution in [0.15, 0.2) is 66.0 Å². The SMILES string of the molecule is CN1CCC(Oc2ccc(OCc3ccccc3NC(=O)c3cc4sccc4n3C)cc2)CC1. The average molecular weight is 476 g/mol. The van der Waals surface area contributed by atoms with Gasteiger partial charge in [0, 0.05) is 31.4 Å². The molecule has 0 saturated carbocycles.